The summed E-state index contributed by atoms with van der Waals surface area (Å²) in [5.74, 6) is 0.386. The number of benzene rings is 2. The lowest BCUT2D eigenvalue weighted by Crippen LogP contribution is -2.45. The molecular formula is C37H49N7O3Si. The van der Waals surface area contributed by atoms with Gasteiger partial charge in [0.05, 0.1) is 28.6 Å². The number of nitrogens with one attached hydrogen (secondary N) is 3. The molecule has 0 spiro atoms. The van der Waals surface area contributed by atoms with Gasteiger partial charge in [-0.3, -0.25) is 0 Å². The molecule has 1 amide bonds. The monoisotopic (exact) mass is 667 g/mol. The third-order valence-electron chi connectivity index (χ3n) is 9.10. The van der Waals surface area contributed by atoms with Gasteiger partial charge in [-0.15, -0.1) is 0 Å². The van der Waals surface area contributed by atoms with Gasteiger partial charge in [-0.25, -0.2) is 14.8 Å². The first-order chi connectivity index (χ1) is 22.4. The number of hydrogen-bond donors (Lipinski definition) is 3. The van der Waals surface area contributed by atoms with E-state index in [-0.39, 0.29) is 10.5 Å². The molecule has 48 heavy (non-hydrogen) atoms. The molecule has 1 atom stereocenters. The number of nitrogens with zero attached hydrogens (tertiary/aromatic N) is 4. The molecule has 4 rings (SSSR count). The van der Waals surface area contributed by atoms with Crippen LogP contribution < -0.4 is 16.0 Å². The SMILES string of the molecule is CC(C)(C)OC(=O)NCCCCc1ccc(C#N)cc1Nc1nccc(-c2cc(C#N)c3c(c2)[C@@](C)(CO[Si](C)(C)C(C)(C)C)CN3)n1. The van der Waals surface area contributed by atoms with Gasteiger partial charge >= 0.3 is 6.09 Å². The molecule has 0 bridgehead atoms. The van der Waals surface area contributed by atoms with Crippen molar-refractivity contribution in [2.24, 2.45) is 0 Å². The van der Waals surface area contributed by atoms with Gasteiger partial charge in [0.25, 0.3) is 0 Å². The predicted molar refractivity (Wildman–Crippen MR) is 193 cm³/mol. The van der Waals surface area contributed by atoms with Gasteiger partial charge in [-0.05, 0) is 99.6 Å². The second-order valence-electron chi connectivity index (χ2n) is 15.3. The predicted octanol–water partition coefficient (Wildman–Crippen LogP) is 8.18. The molecule has 1 aliphatic heterocycles. The van der Waals surface area contributed by atoms with Crippen LogP contribution in [0.2, 0.25) is 18.1 Å². The van der Waals surface area contributed by atoms with Gasteiger partial charge in [-0.1, -0.05) is 33.8 Å². The van der Waals surface area contributed by atoms with Crippen LogP contribution in [-0.4, -0.2) is 49.7 Å². The Morgan fingerprint density at radius 1 is 1.06 bits per heavy atom. The Balaban J connectivity index is 1.53. The first-order valence-electron chi connectivity index (χ1n) is 16.5. The molecule has 254 valence electrons. The fourth-order valence-corrected chi connectivity index (χ4v) is 6.35. The van der Waals surface area contributed by atoms with Crippen LogP contribution in [0, 0.1) is 22.7 Å². The fraction of sp³-hybridized carbons (Fsp3) is 0.486. The lowest BCUT2D eigenvalue weighted by molar-refractivity contribution is 0.0527. The van der Waals surface area contributed by atoms with E-state index in [9.17, 15) is 15.3 Å². The van der Waals surface area contributed by atoms with E-state index < -0.39 is 20.0 Å². The summed E-state index contributed by atoms with van der Waals surface area (Å²) in [6, 6.07) is 15.9. The summed E-state index contributed by atoms with van der Waals surface area (Å²) >= 11 is 0. The van der Waals surface area contributed by atoms with Crippen LogP contribution in [0.1, 0.15) is 83.6 Å². The highest BCUT2D eigenvalue weighted by Crippen LogP contribution is 2.44. The molecule has 1 aliphatic rings. The molecule has 2 heterocycles. The first kappa shape index (κ1) is 36.4. The summed E-state index contributed by atoms with van der Waals surface area (Å²) < 4.78 is 12.0. The van der Waals surface area contributed by atoms with Crippen molar-refractivity contribution in [3.8, 4) is 23.4 Å². The molecule has 0 aliphatic carbocycles. The largest absolute Gasteiger partial charge is 0.444 e. The van der Waals surface area contributed by atoms with Gasteiger partial charge in [0.1, 0.15) is 11.7 Å². The van der Waals surface area contributed by atoms with Crippen molar-refractivity contribution in [1.29, 1.82) is 10.5 Å². The van der Waals surface area contributed by atoms with Crippen molar-refractivity contribution in [2.75, 3.05) is 30.3 Å². The number of fused-ring (bicyclic) bond motifs is 1. The van der Waals surface area contributed by atoms with Crippen LogP contribution >= 0.6 is 0 Å². The quantitative estimate of drug-likeness (QED) is 0.136. The van der Waals surface area contributed by atoms with Crippen molar-refractivity contribution < 1.29 is 14.0 Å². The van der Waals surface area contributed by atoms with E-state index in [1.54, 1.807) is 18.3 Å². The first-order valence-corrected chi connectivity index (χ1v) is 19.4. The van der Waals surface area contributed by atoms with Crippen molar-refractivity contribution in [2.45, 2.75) is 96.9 Å². The number of amides is 1. The van der Waals surface area contributed by atoms with Gasteiger partial charge in [0.15, 0.2) is 8.32 Å². The molecule has 0 radical (unpaired) electrons. The minimum atomic E-state index is -1.99. The molecular weight excluding hydrogens is 619 g/mol. The lowest BCUT2D eigenvalue weighted by Gasteiger charge is -2.39. The Labute approximate surface area is 286 Å². The molecule has 11 heteroatoms. The minimum Gasteiger partial charge on any atom is -0.444 e. The van der Waals surface area contributed by atoms with Gasteiger partial charge < -0.3 is 25.1 Å². The van der Waals surface area contributed by atoms with Crippen molar-refractivity contribution >= 4 is 31.7 Å². The van der Waals surface area contributed by atoms with E-state index >= 15 is 0 Å². The Hall–Kier alpha value is -4.45. The number of nitriles is 2. The maximum absolute atomic E-state index is 12.0. The van der Waals surface area contributed by atoms with Crippen molar-refractivity contribution in [3.05, 3.63) is 64.8 Å². The van der Waals surface area contributed by atoms with E-state index in [0.717, 1.165) is 47.3 Å². The number of aromatic nitrogens is 2. The van der Waals surface area contributed by atoms with E-state index in [4.69, 9.17) is 14.1 Å². The normalized spacial score (nSPS) is 15.9. The summed E-state index contributed by atoms with van der Waals surface area (Å²) in [5.41, 5.74) is 5.40. The third-order valence-corrected chi connectivity index (χ3v) is 13.6. The van der Waals surface area contributed by atoms with Crippen LogP contribution in [0.25, 0.3) is 11.3 Å². The van der Waals surface area contributed by atoms with Gasteiger partial charge in [-0.2, -0.15) is 10.5 Å². The molecule has 10 nitrogen and oxygen atoms in total. The van der Waals surface area contributed by atoms with Crippen LogP contribution in [-0.2, 0) is 21.0 Å². The molecule has 3 N–H and O–H groups in total. The number of unbranched alkanes of at least 4 members (excludes halogenated alkanes) is 1. The zero-order valence-corrected chi connectivity index (χ0v) is 30.8. The van der Waals surface area contributed by atoms with Crippen LogP contribution in [0.5, 0.6) is 0 Å². The zero-order valence-electron chi connectivity index (χ0n) is 29.8. The number of hydrogen-bond acceptors (Lipinski definition) is 9. The smallest absolute Gasteiger partial charge is 0.407 e. The van der Waals surface area contributed by atoms with Gasteiger partial charge in [0.2, 0.25) is 5.95 Å². The van der Waals surface area contributed by atoms with E-state index in [0.29, 0.717) is 42.5 Å². The molecule has 3 aromatic rings. The number of anilines is 3. The van der Waals surface area contributed by atoms with Crippen molar-refractivity contribution in [1.82, 2.24) is 15.3 Å². The minimum absolute atomic E-state index is 0.0911. The Morgan fingerprint density at radius 2 is 1.81 bits per heavy atom. The summed E-state index contributed by atoms with van der Waals surface area (Å²) in [5, 5.41) is 29.4. The fourth-order valence-electron chi connectivity index (χ4n) is 5.23. The highest BCUT2D eigenvalue weighted by molar-refractivity contribution is 6.74. The molecule has 0 fully saturated rings. The average Bonchev–Trinajstić information content (AvgIpc) is 3.35. The van der Waals surface area contributed by atoms with Crippen molar-refractivity contribution in [3.63, 3.8) is 0 Å². The molecule has 0 unspecified atom stereocenters. The number of ether oxygens (including phenoxy) is 1. The summed E-state index contributed by atoms with van der Waals surface area (Å²) in [4.78, 5) is 21.3. The van der Waals surface area contributed by atoms with Crippen LogP contribution in [0.4, 0.5) is 22.1 Å². The van der Waals surface area contributed by atoms with E-state index in [1.807, 2.05) is 39.0 Å². The zero-order chi connectivity index (χ0) is 35.3. The molecule has 0 saturated carbocycles. The summed E-state index contributed by atoms with van der Waals surface area (Å²) in [7, 11) is -1.99. The summed E-state index contributed by atoms with van der Waals surface area (Å²) in [6.45, 7) is 20.7. The third kappa shape index (κ3) is 8.91. The molecule has 1 aromatic heterocycles. The van der Waals surface area contributed by atoms with E-state index in [1.165, 1.54) is 0 Å². The Morgan fingerprint density at radius 3 is 2.48 bits per heavy atom. The molecule has 0 saturated heterocycles. The standard InChI is InChI=1S/C37H49N7O3Si/c1-35(2,3)47-34(45)41-16-11-10-12-26-14-13-25(21-38)18-31(26)44-33-40-17-15-30(43-33)27-19-28(22-39)32-29(20-27)37(7,23-42-32)24-46-48(8,9)36(4,5)6/h13-15,17-20,42H,10-12,16,23-24H2,1-9H3,(H,41,45)(H,40,43,44)/t37-/m1/s1. The highest BCUT2D eigenvalue weighted by Gasteiger charge is 2.42. The van der Waals surface area contributed by atoms with Crippen LogP contribution in [0.3, 0.4) is 0 Å². The maximum Gasteiger partial charge on any atom is 0.407 e. The number of carbonyl (C=O) groups excluding carboxylic acids is 1. The second-order valence-corrected chi connectivity index (χ2v) is 20.1. The Bertz CT molecular complexity index is 1730. The topological polar surface area (TPSA) is 145 Å². The lowest BCUT2D eigenvalue weighted by atomic mass is 9.83. The Kier molecular flexibility index (Phi) is 10.9. The maximum atomic E-state index is 12.0. The number of aryl methyl sites for hydroxylation is 1. The highest BCUT2D eigenvalue weighted by atomic mass is 28.4. The second kappa shape index (κ2) is 14.3. The number of alkyl carbamates (subject to hydrolysis) is 1. The number of carbonyl (C=O) groups is 1. The molecule has 2 aromatic carbocycles. The summed E-state index contributed by atoms with van der Waals surface area (Å²) in [6.07, 6.45) is 3.57. The average molecular weight is 668 g/mol. The van der Waals surface area contributed by atoms with Crippen LogP contribution in [0.15, 0.2) is 42.6 Å². The van der Waals surface area contributed by atoms with Gasteiger partial charge in [0, 0.05) is 42.6 Å². The van der Waals surface area contributed by atoms with E-state index in [2.05, 4.69) is 79.9 Å². The number of rotatable bonds is 11.